The van der Waals surface area contributed by atoms with Gasteiger partial charge in [0.1, 0.15) is 16.4 Å². The molecule has 3 atom stereocenters. The topological polar surface area (TPSA) is 125 Å². The van der Waals surface area contributed by atoms with Crippen molar-refractivity contribution in [1.29, 1.82) is 0 Å². The van der Waals surface area contributed by atoms with Crippen LogP contribution in [0.4, 0.5) is 5.82 Å². The number of allylic oxidation sites excluding steroid dienone is 1. The molecule has 0 aromatic carbocycles. The van der Waals surface area contributed by atoms with E-state index in [1.165, 1.54) is 12.4 Å². The Morgan fingerprint density at radius 3 is 2.72 bits per heavy atom. The lowest BCUT2D eigenvalue weighted by atomic mass is 9.83. The molecular formula is C21H23ClN4O5S. The SMILES string of the molecule is CS(=O)(=O)OC(=O)c1cn(C2CC2)c2c(Cl)c(N3CC4CC=CC(N)C4C3)ncc2c1=O. The van der Waals surface area contributed by atoms with Gasteiger partial charge in [-0.05, 0) is 31.1 Å². The lowest BCUT2D eigenvalue weighted by molar-refractivity contribution is 0.0746. The van der Waals surface area contributed by atoms with E-state index < -0.39 is 21.5 Å². The van der Waals surface area contributed by atoms with E-state index in [0.29, 0.717) is 28.2 Å². The van der Waals surface area contributed by atoms with E-state index in [9.17, 15) is 18.0 Å². The maximum atomic E-state index is 13.0. The van der Waals surface area contributed by atoms with Crippen molar-refractivity contribution in [1.82, 2.24) is 9.55 Å². The third-order valence-electron chi connectivity index (χ3n) is 6.46. The summed E-state index contributed by atoms with van der Waals surface area (Å²) in [5.41, 5.74) is 5.75. The molecule has 0 bridgehead atoms. The zero-order valence-electron chi connectivity index (χ0n) is 17.4. The van der Waals surface area contributed by atoms with Gasteiger partial charge < -0.3 is 19.4 Å². The standard InChI is InChI=1S/C21H23ClN4O5S/c1-32(29,30)31-21(28)15-10-26(12-5-6-12)18-13(19(15)27)7-24-20(17(18)22)25-8-11-3-2-4-16(23)14(11)9-25/h2,4,7,10-12,14,16H,3,5-6,8-9,23H2,1H3. The molecular weight excluding hydrogens is 456 g/mol. The van der Waals surface area contributed by atoms with Crippen LogP contribution in [0.2, 0.25) is 5.02 Å². The Morgan fingerprint density at radius 2 is 2.06 bits per heavy atom. The number of pyridine rings is 2. The third-order valence-corrected chi connectivity index (χ3v) is 7.26. The van der Waals surface area contributed by atoms with Crippen molar-refractivity contribution in [3.05, 3.63) is 45.4 Å². The molecule has 0 radical (unpaired) electrons. The second kappa shape index (κ2) is 7.57. The molecule has 9 nitrogen and oxygen atoms in total. The first kappa shape index (κ1) is 21.4. The van der Waals surface area contributed by atoms with Crippen molar-refractivity contribution >= 4 is 44.4 Å². The lowest BCUT2D eigenvalue weighted by Gasteiger charge is -2.25. The smallest absolute Gasteiger partial charge is 0.355 e. The molecule has 2 N–H and O–H groups in total. The number of hydrogen-bond acceptors (Lipinski definition) is 8. The zero-order valence-corrected chi connectivity index (χ0v) is 19.0. The molecule has 3 aliphatic rings. The van der Waals surface area contributed by atoms with Gasteiger partial charge >= 0.3 is 16.1 Å². The van der Waals surface area contributed by atoms with Crippen molar-refractivity contribution in [3.8, 4) is 0 Å². The fraction of sp³-hybridized carbons (Fsp3) is 0.476. The molecule has 11 heteroatoms. The maximum absolute atomic E-state index is 13.0. The largest absolute Gasteiger partial charge is 0.359 e. The summed E-state index contributed by atoms with van der Waals surface area (Å²) in [5.74, 6) is 0.106. The lowest BCUT2D eigenvalue weighted by Crippen LogP contribution is -2.35. The van der Waals surface area contributed by atoms with Gasteiger partial charge in [0.05, 0.1) is 17.2 Å². The molecule has 1 saturated heterocycles. The molecule has 32 heavy (non-hydrogen) atoms. The number of carbonyl (C=O) groups is 1. The predicted octanol–water partition coefficient (Wildman–Crippen LogP) is 1.84. The minimum absolute atomic E-state index is 0.00829. The summed E-state index contributed by atoms with van der Waals surface area (Å²) < 4.78 is 29.0. The van der Waals surface area contributed by atoms with Crippen molar-refractivity contribution in [2.24, 2.45) is 17.6 Å². The van der Waals surface area contributed by atoms with Crippen LogP contribution in [0.3, 0.4) is 0 Å². The molecule has 3 unspecified atom stereocenters. The molecule has 0 amide bonds. The van der Waals surface area contributed by atoms with Gasteiger partial charge in [0, 0.05) is 37.6 Å². The summed E-state index contributed by atoms with van der Waals surface area (Å²) in [7, 11) is -4.06. The molecule has 0 spiro atoms. The van der Waals surface area contributed by atoms with E-state index in [0.717, 1.165) is 38.6 Å². The van der Waals surface area contributed by atoms with Crippen LogP contribution in [-0.4, -0.2) is 49.3 Å². The summed E-state index contributed by atoms with van der Waals surface area (Å²) >= 11 is 6.82. The summed E-state index contributed by atoms with van der Waals surface area (Å²) in [6.45, 7) is 1.49. The van der Waals surface area contributed by atoms with Gasteiger partial charge in [-0.1, -0.05) is 23.8 Å². The number of nitrogens with two attached hydrogens (primary N) is 1. The molecule has 2 aliphatic carbocycles. The highest BCUT2D eigenvalue weighted by Gasteiger charge is 2.39. The molecule has 2 fully saturated rings. The van der Waals surface area contributed by atoms with Crippen LogP contribution in [0.5, 0.6) is 0 Å². The fourth-order valence-electron chi connectivity index (χ4n) is 4.79. The van der Waals surface area contributed by atoms with Crippen LogP contribution in [0.1, 0.15) is 35.7 Å². The van der Waals surface area contributed by atoms with E-state index in [2.05, 4.69) is 20.1 Å². The molecule has 3 heterocycles. The highest BCUT2D eigenvalue weighted by Crippen LogP contribution is 2.42. The Hall–Kier alpha value is -2.43. The number of anilines is 1. The van der Waals surface area contributed by atoms with Crippen molar-refractivity contribution in [3.63, 3.8) is 0 Å². The Kier molecular flexibility index (Phi) is 5.06. The van der Waals surface area contributed by atoms with Crippen LogP contribution in [0.25, 0.3) is 10.9 Å². The first-order valence-corrected chi connectivity index (χ1v) is 12.7. The van der Waals surface area contributed by atoms with Gasteiger partial charge in [-0.25, -0.2) is 9.78 Å². The zero-order chi connectivity index (χ0) is 22.8. The van der Waals surface area contributed by atoms with Crippen molar-refractivity contribution in [2.75, 3.05) is 24.2 Å². The highest BCUT2D eigenvalue weighted by molar-refractivity contribution is 7.86. The van der Waals surface area contributed by atoms with Gasteiger partial charge in [0.25, 0.3) is 0 Å². The van der Waals surface area contributed by atoms with E-state index in [4.69, 9.17) is 17.3 Å². The minimum Gasteiger partial charge on any atom is -0.355 e. The van der Waals surface area contributed by atoms with E-state index in [1.807, 2.05) is 6.08 Å². The number of fused-ring (bicyclic) bond motifs is 2. The maximum Gasteiger partial charge on any atom is 0.359 e. The number of rotatable bonds is 4. The average molecular weight is 479 g/mol. The normalized spacial score (nSPS) is 25.2. The summed E-state index contributed by atoms with van der Waals surface area (Å²) in [6.07, 6.45) is 10.4. The van der Waals surface area contributed by atoms with Crippen LogP contribution in [0, 0.1) is 11.8 Å². The van der Waals surface area contributed by atoms with E-state index in [-0.39, 0.29) is 23.0 Å². The fourth-order valence-corrected chi connectivity index (χ4v) is 5.52. The number of aromatic nitrogens is 2. The minimum atomic E-state index is -4.06. The summed E-state index contributed by atoms with van der Waals surface area (Å²) in [5, 5.41) is 0.498. The second-order valence-electron chi connectivity index (χ2n) is 8.81. The monoisotopic (exact) mass is 478 g/mol. The van der Waals surface area contributed by atoms with Crippen LogP contribution in [-0.2, 0) is 14.3 Å². The van der Waals surface area contributed by atoms with Crippen molar-refractivity contribution < 1.29 is 17.4 Å². The second-order valence-corrected chi connectivity index (χ2v) is 10.8. The van der Waals surface area contributed by atoms with Gasteiger partial charge in [-0.3, -0.25) is 4.79 Å². The molecule has 2 aromatic heterocycles. The van der Waals surface area contributed by atoms with Gasteiger partial charge in [-0.15, -0.1) is 0 Å². The molecule has 170 valence electrons. The van der Waals surface area contributed by atoms with Crippen LogP contribution >= 0.6 is 11.6 Å². The molecule has 1 aliphatic heterocycles. The number of nitrogens with zero attached hydrogens (tertiary/aromatic N) is 3. The molecule has 5 rings (SSSR count). The quantitative estimate of drug-likeness (QED) is 0.521. The Labute approximate surface area is 189 Å². The molecule has 1 saturated carbocycles. The third kappa shape index (κ3) is 3.70. The first-order chi connectivity index (χ1) is 15.1. The van der Waals surface area contributed by atoms with Gasteiger partial charge in [-0.2, -0.15) is 8.42 Å². The average Bonchev–Trinajstić information content (AvgIpc) is 3.46. The summed E-state index contributed by atoms with van der Waals surface area (Å²) in [6, 6.07) is 0.0560. The molecule has 2 aromatic rings. The van der Waals surface area contributed by atoms with Crippen LogP contribution in [0.15, 0.2) is 29.3 Å². The van der Waals surface area contributed by atoms with Crippen LogP contribution < -0.4 is 16.1 Å². The van der Waals surface area contributed by atoms with E-state index in [1.54, 1.807) is 4.57 Å². The number of halogens is 1. The summed E-state index contributed by atoms with van der Waals surface area (Å²) in [4.78, 5) is 32.0. The number of carbonyl (C=O) groups excluding carboxylic acids is 1. The Morgan fingerprint density at radius 1 is 1.31 bits per heavy atom. The number of hydrogen-bond donors (Lipinski definition) is 1. The van der Waals surface area contributed by atoms with Gasteiger partial charge in [0.15, 0.2) is 0 Å². The predicted molar refractivity (Wildman–Crippen MR) is 120 cm³/mol. The first-order valence-electron chi connectivity index (χ1n) is 10.5. The Balaban J connectivity index is 1.60. The highest BCUT2D eigenvalue weighted by atomic mass is 35.5. The van der Waals surface area contributed by atoms with Crippen molar-refractivity contribution in [2.45, 2.75) is 31.3 Å². The van der Waals surface area contributed by atoms with E-state index >= 15 is 0 Å². The Bertz CT molecular complexity index is 1320. The van der Waals surface area contributed by atoms with Gasteiger partial charge in [0.2, 0.25) is 5.43 Å².